The molecule has 0 radical (unpaired) electrons. The molecule has 1 aromatic carbocycles. The molecule has 86 valence electrons. The summed E-state index contributed by atoms with van der Waals surface area (Å²) in [6.07, 6.45) is 4.72. The first-order valence-corrected chi connectivity index (χ1v) is 6.18. The Morgan fingerprint density at radius 3 is 2.75 bits per heavy atom. The van der Waals surface area contributed by atoms with Crippen molar-refractivity contribution >= 4 is 5.84 Å². The molecule has 1 atom stereocenters. The lowest BCUT2D eigenvalue weighted by Crippen LogP contribution is -2.35. The molecule has 0 amide bonds. The Bertz CT molecular complexity index is 343. The molecule has 1 aliphatic rings. The summed E-state index contributed by atoms with van der Waals surface area (Å²) < 4.78 is 0. The van der Waals surface area contributed by atoms with Crippen LogP contribution in [0.25, 0.3) is 0 Å². The highest BCUT2D eigenvalue weighted by Crippen LogP contribution is 2.07. The van der Waals surface area contributed by atoms with Crippen molar-refractivity contribution in [2.24, 2.45) is 4.99 Å². The molecule has 2 heteroatoms. The van der Waals surface area contributed by atoms with E-state index >= 15 is 0 Å². The molecule has 0 bridgehead atoms. The van der Waals surface area contributed by atoms with Crippen LogP contribution in [0, 0.1) is 0 Å². The van der Waals surface area contributed by atoms with Gasteiger partial charge in [0.15, 0.2) is 0 Å². The predicted molar refractivity (Wildman–Crippen MR) is 68.9 cm³/mol. The zero-order chi connectivity index (χ0) is 11.2. The zero-order valence-electron chi connectivity index (χ0n) is 9.95. The van der Waals surface area contributed by atoms with Gasteiger partial charge in [-0.1, -0.05) is 30.3 Å². The van der Waals surface area contributed by atoms with Crippen LogP contribution in [0.15, 0.2) is 35.3 Å². The first-order chi connectivity index (χ1) is 7.84. The summed E-state index contributed by atoms with van der Waals surface area (Å²) >= 11 is 0. The van der Waals surface area contributed by atoms with Gasteiger partial charge in [0.2, 0.25) is 0 Å². The number of benzene rings is 1. The third-order valence-electron chi connectivity index (χ3n) is 2.92. The van der Waals surface area contributed by atoms with Gasteiger partial charge in [-0.3, -0.25) is 4.99 Å². The average Bonchev–Trinajstić information content (AvgIpc) is 2.31. The van der Waals surface area contributed by atoms with Crippen LogP contribution >= 0.6 is 0 Å². The molecule has 16 heavy (non-hydrogen) atoms. The van der Waals surface area contributed by atoms with Crippen molar-refractivity contribution in [3.05, 3.63) is 35.9 Å². The van der Waals surface area contributed by atoms with E-state index in [2.05, 4.69) is 47.6 Å². The molecule has 0 saturated carbocycles. The molecule has 1 unspecified atom stereocenters. The zero-order valence-corrected chi connectivity index (χ0v) is 9.95. The molecular weight excluding hydrogens is 196 g/mol. The number of hydrogen-bond donors (Lipinski definition) is 1. The second-order valence-electron chi connectivity index (χ2n) is 4.52. The summed E-state index contributed by atoms with van der Waals surface area (Å²) in [5.41, 5.74) is 1.39. The Morgan fingerprint density at radius 2 is 2.06 bits per heavy atom. The molecule has 0 aromatic heterocycles. The van der Waals surface area contributed by atoms with Gasteiger partial charge >= 0.3 is 0 Å². The SMILES string of the molecule is CC(Cc1ccccc1)NC1=NCCCC1. The average molecular weight is 216 g/mol. The second kappa shape index (κ2) is 5.69. The lowest BCUT2D eigenvalue weighted by atomic mass is 10.1. The third-order valence-corrected chi connectivity index (χ3v) is 2.92. The third kappa shape index (κ3) is 3.37. The highest BCUT2D eigenvalue weighted by atomic mass is 15.0. The van der Waals surface area contributed by atoms with Gasteiger partial charge in [0.1, 0.15) is 0 Å². The maximum Gasteiger partial charge on any atom is 0.0965 e. The first kappa shape index (κ1) is 11.2. The quantitative estimate of drug-likeness (QED) is 0.825. The molecular formula is C14H20N2. The van der Waals surface area contributed by atoms with Crippen LogP contribution in [0.1, 0.15) is 31.7 Å². The fourth-order valence-electron chi connectivity index (χ4n) is 2.12. The lowest BCUT2D eigenvalue weighted by molar-refractivity contribution is 0.625. The Kier molecular flexibility index (Phi) is 3.97. The van der Waals surface area contributed by atoms with E-state index in [0.29, 0.717) is 6.04 Å². The highest BCUT2D eigenvalue weighted by molar-refractivity contribution is 5.82. The van der Waals surface area contributed by atoms with Crippen LogP contribution in [0.4, 0.5) is 0 Å². The van der Waals surface area contributed by atoms with Crippen LogP contribution in [0.2, 0.25) is 0 Å². The minimum absolute atomic E-state index is 0.472. The van der Waals surface area contributed by atoms with Gasteiger partial charge < -0.3 is 5.32 Å². The number of nitrogens with one attached hydrogen (secondary N) is 1. The Hall–Kier alpha value is -1.31. The minimum Gasteiger partial charge on any atom is -0.371 e. The van der Waals surface area contributed by atoms with Crippen LogP contribution in [-0.2, 0) is 6.42 Å². The highest BCUT2D eigenvalue weighted by Gasteiger charge is 2.08. The molecule has 0 fully saturated rings. The van der Waals surface area contributed by atoms with E-state index in [1.54, 1.807) is 0 Å². The van der Waals surface area contributed by atoms with Gasteiger partial charge in [-0.15, -0.1) is 0 Å². The van der Waals surface area contributed by atoms with Gasteiger partial charge in [-0.25, -0.2) is 0 Å². The van der Waals surface area contributed by atoms with E-state index in [4.69, 9.17) is 0 Å². The lowest BCUT2D eigenvalue weighted by Gasteiger charge is -2.19. The van der Waals surface area contributed by atoms with E-state index in [9.17, 15) is 0 Å². The second-order valence-corrected chi connectivity index (χ2v) is 4.52. The number of rotatable bonds is 3. The smallest absolute Gasteiger partial charge is 0.0965 e. The Balaban J connectivity index is 1.84. The van der Waals surface area contributed by atoms with Crippen molar-refractivity contribution in [3.63, 3.8) is 0 Å². The van der Waals surface area contributed by atoms with Crippen LogP contribution < -0.4 is 5.32 Å². The summed E-state index contributed by atoms with van der Waals surface area (Å²) in [7, 11) is 0. The summed E-state index contributed by atoms with van der Waals surface area (Å²) in [4.78, 5) is 4.52. The molecule has 0 aliphatic carbocycles. The Morgan fingerprint density at radius 1 is 1.25 bits per heavy atom. The molecule has 1 aromatic rings. The van der Waals surface area contributed by atoms with Gasteiger partial charge in [-0.05, 0) is 31.7 Å². The number of hydrogen-bond acceptors (Lipinski definition) is 2. The fourth-order valence-corrected chi connectivity index (χ4v) is 2.12. The fraction of sp³-hybridized carbons (Fsp3) is 0.500. The predicted octanol–water partition coefficient (Wildman–Crippen LogP) is 2.79. The summed E-state index contributed by atoms with van der Waals surface area (Å²) in [5, 5.41) is 3.52. The first-order valence-electron chi connectivity index (χ1n) is 6.18. The molecule has 1 N–H and O–H groups in total. The summed E-state index contributed by atoms with van der Waals surface area (Å²) in [6, 6.07) is 11.1. The van der Waals surface area contributed by atoms with Crippen molar-refractivity contribution in [2.45, 2.75) is 38.6 Å². The van der Waals surface area contributed by atoms with Crippen LogP contribution in [0.5, 0.6) is 0 Å². The van der Waals surface area contributed by atoms with E-state index in [0.717, 1.165) is 19.4 Å². The van der Waals surface area contributed by atoms with Crippen molar-refractivity contribution < 1.29 is 0 Å². The van der Waals surface area contributed by atoms with Crippen LogP contribution in [-0.4, -0.2) is 18.4 Å². The standard InChI is InChI=1S/C14H20N2/c1-12(11-13-7-3-2-4-8-13)16-14-9-5-6-10-15-14/h2-4,7-8,12H,5-6,9-11H2,1H3,(H,15,16). The molecule has 1 aliphatic heterocycles. The van der Waals surface area contributed by atoms with Crippen molar-refractivity contribution in [2.75, 3.05) is 6.54 Å². The molecule has 2 nitrogen and oxygen atoms in total. The van der Waals surface area contributed by atoms with Crippen molar-refractivity contribution in [3.8, 4) is 0 Å². The number of nitrogens with zero attached hydrogens (tertiary/aromatic N) is 1. The van der Waals surface area contributed by atoms with E-state index in [-0.39, 0.29) is 0 Å². The monoisotopic (exact) mass is 216 g/mol. The minimum atomic E-state index is 0.472. The number of aliphatic imine (C=N–C) groups is 1. The topological polar surface area (TPSA) is 24.4 Å². The molecule has 1 heterocycles. The molecule has 0 saturated heterocycles. The van der Waals surface area contributed by atoms with Gasteiger partial charge in [0, 0.05) is 19.0 Å². The van der Waals surface area contributed by atoms with Gasteiger partial charge in [-0.2, -0.15) is 0 Å². The summed E-state index contributed by atoms with van der Waals surface area (Å²) in [5.74, 6) is 1.20. The van der Waals surface area contributed by atoms with E-state index < -0.39 is 0 Å². The van der Waals surface area contributed by atoms with E-state index in [1.807, 2.05) is 0 Å². The van der Waals surface area contributed by atoms with Crippen molar-refractivity contribution in [1.29, 1.82) is 0 Å². The van der Waals surface area contributed by atoms with Gasteiger partial charge in [0.05, 0.1) is 5.84 Å². The molecule has 2 rings (SSSR count). The Labute approximate surface area is 97.8 Å². The normalized spacial score (nSPS) is 17.7. The summed E-state index contributed by atoms with van der Waals surface area (Å²) in [6.45, 7) is 3.23. The maximum atomic E-state index is 4.52. The van der Waals surface area contributed by atoms with Gasteiger partial charge in [0.25, 0.3) is 0 Å². The van der Waals surface area contributed by atoms with Crippen molar-refractivity contribution in [1.82, 2.24) is 5.32 Å². The van der Waals surface area contributed by atoms with E-state index in [1.165, 1.54) is 24.2 Å². The maximum absolute atomic E-state index is 4.52. The number of amidine groups is 1. The molecule has 0 spiro atoms. The van der Waals surface area contributed by atoms with Crippen LogP contribution in [0.3, 0.4) is 0 Å². The largest absolute Gasteiger partial charge is 0.371 e.